The molecule has 0 aliphatic carbocycles. The van der Waals surface area contributed by atoms with Crippen LogP contribution in [-0.2, 0) is 6.54 Å². The first kappa shape index (κ1) is 18.4. The molecule has 0 fully saturated rings. The minimum atomic E-state index is -0.197. The molecule has 8 nitrogen and oxygen atoms in total. The van der Waals surface area contributed by atoms with Crippen LogP contribution in [0, 0.1) is 0 Å². The van der Waals surface area contributed by atoms with Gasteiger partial charge in [-0.05, 0) is 54.1 Å². The van der Waals surface area contributed by atoms with E-state index in [1.54, 1.807) is 12.1 Å². The van der Waals surface area contributed by atoms with Gasteiger partial charge in [0.25, 0.3) is 5.91 Å². The molecule has 2 aliphatic heterocycles. The molecular weight excluding hydrogens is 412 g/mol. The fourth-order valence-corrected chi connectivity index (χ4v) is 3.70. The van der Waals surface area contributed by atoms with Gasteiger partial charge in [0, 0.05) is 23.5 Å². The van der Waals surface area contributed by atoms with Crippen LogP contribution in [0.3, 0.4) is 0 Å². The van der Waals surface area contributed by atoms with E-state index in [1.165, 1.54) is 0 Å². The van der Waals surface area contributed by atoms with Crippen LogP contribution in [0.4, 0.5) is 0 Å². The summed E-state index contributed by atoms with van der Waals surface area (Å²) in [6.45, 7) is 0.817. The summed E-state index contributed by atoms with van der Waals surface area (Å²) in [5, 5.41) is 3.79. The van der Waals surface area contributed by atoms with Gasteiger partial charge in [-0.1, -0.05) is 6.07 Å². The molecule has 1 amide bonds. The summed E-state index contributed by atoms with van der Waals surface area (Å²) in [7, 11) is 0. The number of aromatic nitrogens is 1. The van der Waals surface area contributed by atoms with Crippen molar-refractivity contribution in [2.24, 2.45) is 0 Å². The molecule has 0 radical (unpaired) electrons. The highest BCUT2D eigenvalue weighted by atomic mass is 16.7. The van der Waals surface area contributed by atoms with Crippen LogP contribution in [-0.4, -0.2) is 24.5 Å². The molecule has 0 atom stereocenters. The van der Waals surface area contributed by atoms with E-state index in [0.29, 0.717) is 41.0 Å². The van der Waals surface area contributed by atoms with Gasteiger partial charge in [0.2, 0.25) is 13.6 Å². The van der Waals surface area contributed by atoms with E-state index in [1.807, 2.05) is 48.5 Å². The Bertz CT molecular complexity index is 1350. The summed E-state index contributed by atoms with van der Waals surface area (Å²) in [5.41, 5.74) is 2.25. The molecule has 0 bridgehead atoms. The Kier molecular flexibility index (Phi) is 4.28. The highest BCUT2D eigenvalue weighted by Gasteiger charge is 2.16. The highest BCUT2D eigenvalue weighted by Crippen LogP contribution is 2.37. The lowest BCUT2D eigenvalue weighted by Gasteiger charge is -2.06. The lowest BCUT2D eigenvalue weighted by Crippen LogP contribution is -2.23. The van der Waals surface area contributed by atoms with Gasteiger partial charge in [0.15, 0.2) is 23.0 Å². The Morgan fingerprint density at radius 2 is 1.50 bits per heavy atom. The van der Waals surface area contributed by atoms with Crippen LogP contribution in [0.2, 0.25) is 0 Å². The fraction of sp³-hybridized carbons (Fsp3) is 0.125. The number of amides is 1. The molecule has 0 saturated heterocycles. The van der Waals surface area contributed by atoms with Crippen molar-refractivity contribution < 1.29 is 28.5 Å². The van der Waals surface area contributed by atoms with E-state index < -0.39 is 0 Å². The normalized spacial score (nSPS) is 13.4. The highest BCUT2D eigenvalue weighted by molar-refractivity contribution is 5.98. The average Bonchev–Trinajstić information content (AvgIpc) is 3.55. The summed E-state index contributed by atoms with van der Waals surface area (Å²) < 4.78 is 27.4. The quantitative estimate of drug-likeness (QED) is 0.489. The van der Waals surface area contributed by atoms with Gasteiger partial charge in [-0.15, -0.1) is 0 Å². The van der Waals surface area contributed by atoms with E-state index in [2.05, 4.69) is 10.3 Å². The average molecular weight is 430 g/mol. The van der Waals surface area contributed by atoms with Crippen LogP contribution in [0.25, 0.3) is 10.9 Å². The van der Waals surface area contributed by atoms with Crippen LogP contribution in [0.1, 0.15) is 16.1 Å². The number of carbonyl (C=O) groups excluding carboxylic acids is 1. The van der Waals surface area contributed by atoms with Crippen molar-refractivity contribution in [3.05, 3.63) is 71.9 Å². The van der Waals surface area contributed by atoms with Gasteiger partial charge in [0.05, 0.1) is 0 Å². The second-order valence-corrected chi connectivity index (χ2v) is 7.42. The maximum Gasteiger partial charge on any atom is 0.267 e. The Balaban J connectivity index is 1.15. The number of ether oxygens (including phenoxy) is 5. The predicted molar refractivity (Wildman–Crippen MR) is 115 cm³/mol. The van der Waals surface area contributed by atoms with E-state index in [0.717, 1.165) is 22.2 Å². The number of hydrogen-bond donors (Lipinski definition) is 2. The van der Waals surface area contributed by atoms with Gasteiger partial charge in [-0.3, -0.25) is 4.79 Å². The van der Waals surface area contributed by atoms with Gasteiger partial charge in [-0.25, -0.2) is 0 Å². The van der Waals surface area contributed by atoms with E-state index in [9.17, 15) is 4.79 Å². The molecule has 2 aliphatic rings. The Morgan fingerprint density at radius 1 is 0.812 bits per heavy atom. The molecule has 4 aromatic rings. The summed E-state index contributed by atoms with van der Waals surface area (Å²) in [6, 6.07) is 18.4. The lowest BCUT2D eigenvalue weighted by molar-refractivity contribution is 0.0946. The SMILES string of the molecule is O=C(NCc1ccc2c(c1)OCO2)c1cc2cc(Oc3ccc4c(c3)OCO4)ccc2[nH]1. The number of fused-ring (bicyclic) bond motifs is 3. The number of benzene rings is 3. The number of H-pyrrole nitrogens is 1. The van der Waals surface area contributed by atoms with Crippen molar-refractivity contribution in [2.45, 2.75) is 6.54 Å². The van der Waals surface area contributed by atoms with E-state index >= 15 is 0 Å². The molecule has 3 heterocycles. The van der Waals surface area contributed by atoms with Crippen molar-refractivity contribution in [1.29, 1.82) is 0 Å². The van der Waals surface area contributed by atoms with Crippen LogP contribution >= 0.6 is 0 Å². The van der Waals surface area contributed by atoms with Gasteiger partial charge >= 0.3 is 0 Å². The minimum Gasteiger partial charge on any atom is -0.457 e. The first-order chi connectivity index (χ1) is 15.7. The molecule has 0 unspecified atom stereocenters. The van der Waals surface area contributed by atoms with Crippen molar-refractivity contribution in [1.82, 2.24) is 10.3 Å². The van der Waals surface area contributed by atoms with Crippen molar-refractivity contribution >= 4 is 16.8 Å². The number of nitrogens with one attached hydrogen (secondary N) is 2. The minimum absolute atomic E-state index is 0.197. The number of aromatic amines is 1. The smallest absolute Gasteiger partial charge is 0.267 e. The fourth-order valence-electron chi connectivity index (χ4n) is 3.70. The zero-order chi connectivity index (χ0) is 21.5. The van der Waals surface area contributed by atoms with Gasteiger partial charge < -0.3 is 34.0 Å². The van der Waals surface area contributed by atoms with Crippen LogP contribution in [0.5, 0.6) is 34.5 Å². The zero-order valence-electron chi connectivity index (χ0n) is 16.8. The summed E-state index contributed by atoms with van der Waals surface area (Å²) in [5.74, 6) is 3.87. The third-order valence-electron chi connectivity index (χ3n) is 5.31. The second-order valence-electron chi connectivity index (χ2n) is 7.42. The summed E-state index contributed by atoms with van der Waals surface area (Å²) in [6.07, 6.45) is 0. The predicted octanol–water partition coefficient (Wildman–Crippen LogP) is 4.35. The third-order valence-corrected chi connectivity index (χ3v) is 5.31. The molecule has 1 aromatic heterocycles. The Hall–Kier alpha value is -4.33. The number of carbonyl (C=O) groups is 1. The van der Waals surface area contributed by atoms with Crippen molar-refractivity contribution in [2.75, 3.05) is 13.6 Å². The van der Waals surface area contributed by atoms with E-state index in [-0.39, 0.29) is 19.5 Å². The molecule has 2 N–H and O–H groups in total. The zero-order valence-corrected chi connectivity index (χ0v) is 16.8. The van der Waals surface area contributed by atoms with Gasteiger partial charge in [-0.2, -0.15) is 0 Å². The first-order valence-corrected chi connectivity index (χ1v) is 10.1. The maximum atomic E-state index is 12.7. The summed E-state index contributed by atoms with van der Waals surface area (Å²) in [4.78, 5) is 15.8. The Morgan fingerprint density at radius 3 is 2.34 bits per heavy atom. The van der Waals surface area contributed by atoms with Crippen LogP contribution in [0.15, 0.2) is 60.7 Å². The van der Waals surface area contributed by atoms with Crippen LogP contribution < -0.4 is 29.0 Å². The lowest BCUT2D eigenvalue weighted by atomic mass is 10.2. The molecule has 0 saturated carbocycles. The molecule has 6 rings (SSSR count). The number of hydrogen-bond acceptors (Lipinski definition) is 6. The van der Waals surface area contributed by atoms with Crippen molar-refractivity contribution in [3.63, 3.8) is 0 Å². The van der Waals surface area contributed by atoms with Crippen molar-refractivity contribution in [3.8, 4) is 34.5 Å². The molecule has 0 spiro atoms. The first-order valence-electron chi connectivity index (χ1n) is 10.1. The maximum absolute atomic E-state index is 12.7. The third kappa shape index (κ3) is 3.41. The second kappa shape index (κ2) is 7.42. The largest absolute Gasteiger partial charge is 0.457 e. The Labute approximate surface area is 182 Å². The monoisotopic (exact) mass is 430 g/mol. The molecule has 3 aromatic carbocycles. The standard InChI is InChI=1S/C24H18N2O6/c27-24(25-11-14-1-5-20-22(7-14)30-12-28-20)19-9-15-8-16(2-4-18(15)26-19)32-17-3-6-21-23(10-17)31-13-29-21/h1-10,26H,11-13H2,(H,25,27). The molecule has 8 heteroatoms. The number of rotatable bonds is 5. The molecule has 32 heavy (non-hydrogen) atoms. The van der Waals surface area contributed by atoms with E-state index in [4.69, 9.17) is 23.7 Å². The summed E-state index contributed by atoms with van der Waals surface area (Å²) >= 11 is 0. The molecule has 160 valence electrons. The van der Waals surface area contributed by atoms with Gasteiger partial charge in [0.1, 0.15) is 17.2 Å². The molecular formula is C24H18N2O6. The topological polar surface area (TPSA) is 91.0 Å².